The van der Waals surface area contributed by atoms with E-state index in [0.29, 0.717) is 17.7 Å². The molecule has 162 valence electrons. The topological polar surface area (TPSA) is 80.5 Å². The highest BCUT2D eigenvalue weighted by molar-refractivity contribution is 7.99. The second kappa shape index (κ2) is 10.5. The highest BCUT2D eigenvalue weighted by Crippen LogP contribution is 2.26. The van der Waals surface area contributed by atoms with E-state index in [1.807, 2.05) is 91.9 Å². The molecule has 0 radical (unpaired) electrons. The van der Waals surface area contributed by atoms with Gasteiger partial charge in [0.05, 0.1) is 23.7 Å². The maximum absolute atomic E-state index is 12.7. The minimum absolute atomic E-state index is 0.126. The number of rotatable bonds is 9. The second-order valence-electron chi connectivity index (χ2n) is 6.66. The van der Waals surface area contributed by atoms with Crippen LogP contribution < -0.4 is 15.2 Å². The summed E-state index contributed by atoms with van der Waals surface area (Å²) in [6.07, 6.45) is 0. The van der Waals surface area contributed by atoms with Crippen molar-refractivity contribution < 1.29 is 13.9 Å². The third-order valence-electron chi connectivity index (χ3n) is 4.41. The summed E-state index contributed by atoms with van der Waals surface area (Å²) in [6, 6.07) is 26.7. The number of amides is 1. The van der Waals surface area contributed by atoms with Crippen LogP contribution in [0.4, 0.5) is 11.4 Å². The van der Waals surface area contributed by atoms with Crippen molar-refractivity contribution in [3.63, 3.8) is 0 Å². The zero-order valence-electron chi connectivity index (χ0n) is 17.5. The van der Waals surface area contributed by atoms with E-state index in [4.69, 9.17) is 9.15 Å². The van der Waals surface area contributed by atoms with Crippen LogP contribution >= 0.6 is 11.8 Å². The lowest BCUT2D eigenvalue weighted by molar-refractivity contribution is -0.118. The van der Waals surface area contributed by atoms with Crippen LogP contribution in [0.1, 0.15) is 6.92 Å². The number of anilines is 2. The molecule has 3 aromatic carbocycles. The number of hydrazine groups is 1. The first-order valence-electron chi connectivity index (χ1n) is 10.1. The number of thioether (sulfide) groups is 1. The van der Waals surface area contributed by atoms with Gasteiger partial charge in [0, 0.05) is 5.56 Å². The fourth-order valence-electron chi connectivity index (χ4n) is 2.96. The molecule has 4 rings (SSSR count). The van der Waals surface area contributed by atoms with Crippen LogP contribution in [0.2, 0.25) is 0 Å². The van der Waals surface area contributed by atoms with Crippen molar-refractivity contribution in [3.05, 3.63) is 84.9 Å². The van der Waals surface area contributed by atoms with Crippen molar-refractivity contribution in [3.8, 4) is 17.2 Å². The van der Waals surface area contributed by atoms with Gasteiger partial charge in [0.1, 0.15) is 5.75 Å². The average Bonchev–Trinajstić information content (AvgIpc) is 3.32. The molecule has 1 aromatic heterocycles. The molecular weight excluding hydrogens is 424 g/mol. The van der Waals surface area contributed by atoms with E-state index in [1.165, 1.54) is 11.8 Å². The summed E-state index contributed by atoms with van der Waals surface area (Å²) < 4.78 is 11.1. The molecule has 0 fully saturated rings. The molecule has 0 unspecified atom stereocenters. The van der Waals surface area contributed by atoms with Crippen LogP contribution in [-0.4, -0.2) is 28.5 Å². The molecular formula is C24H22N4O3S. The normalized spacial score (nSPS) is 10.5. The van der Waals surface area contributed by atoms with E-state index < -0.39 is 0 Å². The summed E-state index contributed by atoms with van der Waals surface area (Å²) in [7, 11) is 0. The molecule has 0 atom stereocenters. The Morgan fingerprint density at radius 1 is 0.938 bits per heavy atom. The van der Waals surface area contributed by atoms with E-state index >= 15 is 0 Å². The Bertz CT molecular complexity index is 1100. The Morgan fingerprint density at radius 3 is 2.16 bits per heavy atom. The predicted molar refractivity (Wildman–Crippen MR) is 125 cm³/mol. The Hall–Kier alpha value is -3.78. The van der Waals surface area contributed by atoms with Crippen molar-refractivity contribution in [2.24, 2.45) is 0 Å². The minimum atomic E-state index is -0.191. The summed E-state index contributed by atoms with van der Waals surface area (Å²) in [5.74, 6) is 1.11. The number of carbonyl (C=O) groups excluding carboxylic acids is 1. The number of benzene rings is 3. The molecule has 0 aliphatic rings. The number of nitrogens with one attached hydrogen (secondary N) is 1. The summed E-state index contributed by atoms with van der Waals surface area (Å²) in [4.78, 5) is 12.7. The first-order valence-corrected chi connectivity index (χ1v) is 11.1. The van der Waals surface area contributed by atoms with Gasteiger partial charge in [0.2, 0.25) is 11.8 Å². The minimum Gasteiger partial charge on any atom is -0.494 e. The zero-order chi connectivity index (χ0) is 22.2. The van der Waals surface area contributed by atoms with Gasteiger partial charge >= 0.3 is 0 Å². The van der Waals surface area contributed by atoms with Gasteiger partial charge in [-0.3, -0.25) is 15.2 Å². The second-order valence-corrected chi connectivity index (χ2v) is 7.59. The molecule has 0 spiro atoms. The number of para-hydroxylation sites is 2. The quantitative estimate of drug-likeness (QED) is 0.283. The van der Waals surface area contributed by atoms with Crippen LogP contribution in [-0.2, 0) is 4.79 Å². The van der Waals surface area contributed by atoms with Crippen LogP contribution in [0.25, 0.3) is 11.5 Å². The van der Waals surface area contributed by atoms with E-state index in [9.17, 15) is 4.79 Å². The number of nitrogens with zero attached hydrogens (tertiary/aromatic N) is 3. The zero-order valence-corrected chi connectivity index (χ0v) is 18.3. The number of hydrogen-bond donors (Lipinski definition) is 1. The fourth-order valence-corrected chi connectivity index (χ4v) is 3.52. The Morgan fingerprint density at radius 2 is 1.56 bits per heavy atom. The first-order chi connectivity index (χ1) is 15.7. The molecule has 32 heavy (non-hydrogen) atoms. The van der Waals surface area contributed by atoms with Gasteiger partial charge in [-0.05, 0) is 55.5 Å². The van der Waals surface area contributed by atoms with E-state index in [1.54, 1.807) is 5.01 Å². The lowest BCUT2D eigenvalue weighted by Crippen LogP contribution is -2.39. The molecule has 7 nitrogen and oxygen atoms in total. The van der Waals surface area contributed by atoms with Crippen molar-refractivity contribution >= 4 is 29.0 Å². The largest absolute Gasteiger partial charge is 0.494 e. The molecule has 1 amide bonds. The van der Waals surface area contributed by atoms with Gasteiger partial charge in [0.15, 0.2) is 0 Å². The van der Waals surface area contributed by atoms with E-state index in [0.717, 1.165) is 22.7 Å². The van der Waals surface area contributed by atoms with E-state index in [2.05, 4.69) is 15.6 Å². The fraction of sp³-hybridized carbons (Fsp3) is 0.125. The van der Waals surface area contributed by atoms with Crippen molar-refractivity contribution in [2.45, 2.75) is 12.1 Å². The van der Waals surface area contributed by atoms with Crippen molar-refractivity contribution in [2.75, 3.05) is 17.4 Å². The van der Waals surface area contributed by atoms with Gasteiger partial charge in [0.25, 0.3) is 5.22 Å². The van der Waals surface area contributed by atoms with E-state index in [-0.39, 0.29) is 11.7 Å². The summed E-state index contributed by atoms with van der Waals surface area (Å²) >= 11 is 1.18. The number of carbonyl (C=O) groups is 1. The Kier molecular flexibility index (Phi) is 7.04. The maximum atomic E-state index is 12.7. The van der Waals surface area contributed by atoms with Crippen LogP contribution in [0.15, 0.2) is 94.6 Å². The Labute approximate surface area is 190 Å². The van der Waals surface area contributed by atoms with Crippen LogP contribution in [0.3, 0.4) is 0 Å². The van der Waals surface area contributed by atoms with Gasteiger partial charge in [-0.15, -0.1) is 10.2 Å². The highest BCUT2D eigenvalue weighted by Gasteiger charge is 2.15. The number of ether oxygens (including phenoxy) is 1. The van der Waals surface area contributed by atoms with Crippen molar-refractivity contribution in [1.82, 2.24) is 15.6 Å². The Balaban J connectivity index is 1.39. The third kappa shape index (κ3) is 5.47. The summed E-state index contributed by atoms with van der Waals surface area (Å²) in [5, 5.41) is 10.2. The molecule has 8 heteroatoms. The molecule has 4 aromatic rings. The monoisotopic (exact) mass is 446 g/mol. The molecule has 0 saturated carbocycles. The van der Waals surface area contributed by atoms with Gasteiger partial charge in [-0.2, -0.15) is 0 Å². The molecule has 0 aliphatic heterocycles. The van der Waals surface area contributed by atoms with Crippen LogP contribution in [0, 0.1) is 0 Å². The van der Waals surface area contributed by atoms with Gasteiger partial charge < -0.3 is 9.15 Å². The molecule has 1 heterocycles. The van der Waals surface area contributed by atoms with Gasteiger partial charge in [-0.1, -0.05) is 48.2 Å². The maximum Gasteiger partial charge on any atom is 0.277 e. The molecule has 1 N–H and O–H groups in total. The molecule has 0 bridgehead atoms. The smallest absolute Gasteiger partial charge is 0.277 e. The lowest BCUT2D eigenvalue weighted by Gasteiger charge is -2.25. The van der Waals surface area contributed by atoms with Crippen molar-refractivity contribution in [1.29, 1.82) is 0 Å². The summed E-state index contributed by atoms with van der Waals surface area (Å²) in [5.41, 5.74) is 5.44. The number of aromatic nitrogens is 2. The lowest BCUT2D eigenvalue weighted by atomic mass is 10.2. The standard InChI is InChI=1S/C24H22N4O3S/c1-2-30-21-15-13-18(14-16-21)23-25-26-24(31-23)32-17-22(29)27-28(19-9-5-3-6-10-19)20-11-7-4-8-12-20/h3-16H,2,17H2,1H3,(H,27,29). The molecule has 0 aliphatic carbocycles. The average molecular weight is 447 g/mol. The number of hydrogen-bond acceptors (Lipinski definition) is 7. The predicted octanol–water partition coefficient (Wildman–Crippen LogP) is 5.10. The summed E-state index contributed by atoms with van der Waals surface area (Å²) in [6.45, 7) is 2.54. The highest BCUT2D eigenvalue weighted by atomic mass is 32.2. The molecule has 0 saturated heterocycles. The third-order valence-corrected chi connectivity index (χ3v) is 5.23. The first kappa shape index (κ1) is 21.5. The van der Waals surface area contributed by atoms with Gasteiger partial charge in [-0.25, -0.2) is 0 Å². The SMILES string of the molecule is CCOc1ccc(-c2nnc(SCC(=O)NN(c3ccccc3)c3ccccc3)o2)cc1. The van der Waals surface area contributed by atoms with Crippen LogP contribution in [0.5, 0.6) is 5.75 Å².